The van der Waals surface area contributed by atoms with Crippen molar-refractivity contribution in [3.8, 4) is 0 Å². The van der Waals surface area contributed by atoms with E-state index < -0.39 is 10.0 Å². The van der Waals surface area contributed by atoms with Gasteiger partial charge in [-0.15, -0.1) is 11.3 Å². The molecule has 1 aromatic carbocycles. The van der Waals surface area contributed by atoms with E-state index in [1.165, 1.54) is 11.3 Å². The number of thiophene rings is 1. The van der Waals surface area contributed by atoms with Crippen molar-refractivity contribution < 1.29 is 13.2 Å². The van der Waals surface area contributed by atoms with Gasteiger partial charge in [0.2, 0.25) is 10.0 Å². The van der Waals surface area contributed by atoms with Gasteiger partial charge in [-0.05, 0) is 66.7 Å². The fraction of sp³-hybridized carbons (Fsp3) is 0.333. The lowest BCUT2D eigenvalue weighted by atomic mass is 10.0. The van der Waals surface area contributed by atoms with Crippen molar-refractivity contribution in [3.05, 3.63) is 46.7 Å². The highest BCUT2D eigenvalue weighted by molar-refractivity contribution is 7.89. The molecule has 144 valence electrons. The van der Waals surface area contributed by atoms with Gasteiger partial charge in [0.05, 0.1) is 9.77 Å². The minimum absolute atomic E-state index is 0.161. The lowest BCUT2D eigenvalue weighted by molar-refractivity contribution is 0.0981. The van der Waals surface area contributed by atoms with Crippen molar-refractivity contribution in [2.24, 2.45) is 5.92 Å². The third-order valence-corrected chi connectivity index (χ3v) is 7.45. The molecular weight excluding hydrogens is 402 g/mol. The van der Waals surface area contributed by atoms with Crippen molar-refractivity contribution in [1.82, 2.24) is 9.62 Å². The first-order valence-corrected chi connectivity index (χ1v) is 11.3. The number of carbonyl (C=O) groups is 1. The van der Waals surface area contributed by atoms with Gasteiger partial charge in [0.1, 0.15) is 0 Å². The van der Waals surface area contributed by atoms with Gasteiger partial charge in [-0.3, -0.25) is 10.1 Å². The maximum absolute atomic E-state index is 12.7. The standard InChI is InChI=1S/C18H21N3O3S3/c1-13-8-10-21(11-9-13)27(23,24)15-6-4-14(5-7-15)19-18(25)20-17(22)16-3-2-12-26-16/h2-7,12-13H,8-11H2,1H3,(H2,19,20,22,25). The Balaban J connectivity index is 1.61. The Kier molecular flexibility index (Phi) is 6.25. The van der Waals surface area contributed by atoms with E-state index in [1.807, 2.05) is 5.38 Å². The molecule has 1 aliphatic rings. The maximum atomic E-state index is 12.7. The fourth-order valence-electron chi connectivity index (χ4n) is 2.82. The third kappa shape index (κ3) is 4.92. The third-order valence-electron chi connectivity index (χ3n) is 4.46. The van der Waals surface area contributed by atoms with Crippen LogP contribution in [0.4, 0.5) is 5.69 Å². The van der Waals surface area contributed by atoms with Crippen molar-refractivity contribution >= 4 is 50.3 Å². The summed E-state index contributed by atoms with van der Waals surface area (Å²) in [6.07, 6.45) is 1.77. The summed E-state index contributed by atoms with van der Waals surface area (Å²) in [6.45, 7) is 3.26. The van der Waals surface area contributed by atoms with Crippen LogP contribution in [0.2, 0.25) is 0 Å². The summed E-state index contributed by atoms with van der Waals surface area (Å²) in [5.74, 6) is 0.287. The molecule has 3 rings (SSSR count). The second-order valence-electron chi connectivity index (χ2n) is 6.50. The molecule has 2 N–H and O–H groups in total. The van der Waals surface area contributed by atoms with E-state index in [4.69, 9.17) is 12.2 Å². The van der Waals surface area contributed by atoms with Gasteiger partial charge >= 0.3 is 0 Å². The number of benzene rings is 1. The summed E-state index contributed by atoms with van der Waals surface area (Å²) in [7, 11) is -3.47. The normalized spacial score (nSPS) is 16.0. The number of piperidine rings is 1. The van der Waals surface area contributed by atoms with Crippen LogP contribution in [-0.2, 0) is 10.0 Å². The van der Waals surface area contributed by atoms with Gasteiger partial charge in [-0.2, -0.15) is 4.31 Å². The molecule has 0 atom stereocenters. The van der Waals surface area contributed by atoms with Crippen molar-refractivity contribution in [2.75, 3.05) is 18.4 Å². The van der Waals surface area contributed by atoms with Crippen molar-refractivity contribution in [1.29, 1.82) is 0 Å². The molecule has 0 aliphatic carbocycles. The first kappa shape index (κ1) is 19.9. The predicted molar refractivity (Wildman–Crippen MR) is 112 cm³/mol. The van der Waals surface area contributed by atoms with Crippen LogP contribution in [0.3, 0.4) is 0 Å². The summed E-state index contributed by atoms with van der Waals surface area (Å²) < 4.78 is 27.0. The lowest BCUT2D eigenvalue weighted by Gasteiger charge is -2.29. The van der Waals surface area contributed by atoms with Crippen LogP contribution in [0.5, 0.6) is 0 Å². The molecule has 6 nitrogen and oxygen atoms in total. The largest absolute Gasteiger partial charge is 0.332 e. The molecule has 9 heteroatoms. The fourth-order valence-corrected chi connectivity index (χ4v) is 5.12. The van der Waals surface area contributed by atoms with Crippen molar-refractivity contribution in [2.45, 2.75) is 24.7 Å². The number of carbonyl (C=O) groups excluding carboxylic acids is 1. The average molecular weight is 424 g/mol. The molecule has 0 radical (unpaired) electrons. The Bertz CT molecular complexity index is 901. The molecule has 1 aromatic heterocycles. The number of amides is 1. The molecule has 1 aliphatic heterocycles. The van der Waals surface area contributed by atoms with Crippen LogP contribution in [0.15, 0.2) is 46.7 Å². The average Bonchev–Trinajstić information content (AvgIpc) is 3.17. The number of anilines is 1. The topological polar surface area (TPSA) is 78.5 Å². The molecule has 0 bridgehead atoms. The van der Waals surface area contributed by atoms with Crippen LogP contribution in [0.1, 0.15) is 29.4 Å². The summed E-state index contributed by atoms with van der Waals surface area (Å²) in [4.78, 5) is 12.8. The molecule has 1 fully saturated rings. The zero-order valence-corrected chi connectivity index (χ0v) is 17.3. The summed E-state index contributed by atoms with van der Waals surface area (Å²) in [5, 5.41) is 7.47. The van der Waals surface area contributed by atoms with E-state index in [2.05, 4.69) is 17.6 Å². The highest BCUT2D eigenvalue weighted by Crippen LogP contribution is 2.24. The van der Waals surface area contributed by atoms with Gasteiger partial charge in [0, 0.05) is 18.8 Å². The molecule has 2 aromatic rings. The smallest absolute Gasteiger partial charge is 0.267 e. The number of sulfonamides is 1. The zero-order valence-electron chi connectivity index (χ0n) is 14.8. The van der Waals surface area contributed by atoms with E-state index in [0.717, 1.165) is 12.8 Å². The highest BCUT2D eigenvalue weighted by atomic mass is 32.2. The molecular formula is C18H21N3O3S3. The number of thiocarbonyl (C=S) groups is 1. The molecule has 2 heterocycles. The van der Waals surface area contributed by atoms with Crippen LogP contribution >= 0.6 is 23.6 Å². The first-order chi connectivity index (χ1) is 12.9. The van der Waals surface area contributed by atoms with Gasteiger partial charge < -0.3 is 5.32 Å². The summed E-state index contributed by atoms with van der Waals surface area (Å²) in [6, 6.07) is 9.90. The van der Waals surface area contributed by atoms with E-state index in [9.17, 15) is 13.2 Å². The molecule has 0 saturated carbocycles. The Morgan fingerprint density at radius 1 is 1.19 bits per heavy atom. The highest BCUT2D eigenvalue weighted by Gasteiger charge is 2.27. The minimum atomic E-state index is -3.47. The van der Waals surface area contributed by atoms with Crippen LogP contribution in [0.25, 0.3) is 0 Å². The summed E-state index contributed by atoms with van der Waals surface area (Å²) >= 11 is 6.47. The first-order valence-electron chi connectivity index (χ1n) is 8.62. The molecule has 0 spiro atoms. The van der Waals surface area contributed by atoms with Crippen molar-refractivity contribution in [3.63, 3.8) is 0 Å². The number of nitrogens with one attached hydrogen (secondary N) is 2. The number of nitrogens with zero attached hydrogens (tertiary/aromatic N) is 1. The van der Waals surface area contributed by atoms with E-state index >= 15 is 0 Å². The predicted octanol–water partition coefficient (Wildman–Crippen LogP) is 3.30. The second kappa shape index (κ2) is 8.47. The molecule has 1 amide bonds. The SMILES string of the molecule is CC1CCN(S(=O)(=O)c2ccc(NC(=S)NC(=O)c3cccs3)cc2)CC1. The number of hydrogen-bond acceptors (Lipinski definition) is 5. The monoisotopic (exact) mass is 423 g/mol. The molecule has 0 unspecified atom stereocenters. The van der Waals surface area contributed by atoms with Gasteiger partial charge in [-0.1, -0.05) is 13.0 Å². The van der Waals surface area contributed by atoms with Crippen LogP contribution in [-0.4, -0.2) is 36.8 Å². The van der Waals surface area contributed by atoms with E-state index in [0.29, 0.717) is 29.6 Å². The van der Waals surface area contributed by atoms with Gasteiger partial charge in [-0.25, -0.2) is 8.42 Å². The zero-order chi connectivity index (χ0) is 19.4. The quantitative estimate of drug-likeness (QED) is 0.738. The lowest BCUT2D eigenvalue weighted by Crippen LogP contribution is -2.37. The minimum Gasteiger partial charge on any atom is -0.332 e. The van der Waals surface area contributed by atoms with Gasteiger partial charge in [0.15, 0.2) is 5.11 Å². The van der Waals surface area contributed by atoms with E-state index in [-0.39, 0.29) is 15.9 Å². The Hall–Kier alpha value is -1.81. The van der Waals surface area contributed by atoms with Crippen LogP contribution < -0.4 is 10.6 Å². The molecule has 1 saturated heterocycles. The maximum Gasteiger partial charge on any atom is 0.267 e. The second-order valence-corrected chi connectivity index (χ2v) is 9.79. The Labute approximate surface area is 168 Å². The number of hydrogen-bond donors (Lipinski definition) is 2. The van der Waals surface area contributed by atoms with E-state index in [1.54, 1.807) is 40.7 Å². The van der Waals surface area contributed by atoms with Gasteiger partial charge in [0.25, 0.3) is 5.91 Å². The molecule has 27 heavy (non-hydrogen) atoms. The Morgan fingerprint density at radius 2 is 1.85 bits per heavy atom. The summed E-state index contributed by atoms with van der Waals surface area (Å²) in [5.41, 5.74) is 0.609. The number of rotatable bonds is 4. The van der Waals surface area contributed by atoms with Crippen LogP contribution in [0, 0.1) is 5.92 Å². The Morgan fingerprint density at radius 3 is 2.44 bits per heavy atom.